The summed E-state index contributed by atoms with van der Waals surface area (Å²) in [7, 11) is 1.78. The minimum atomic E-state index is -0.831. The van der Waals surface area contributed by atoms with E-state index in [0.29, 0.717) is 13.0 Å². The molecular formula is C12H13Cl2NO. The summed E-state index contributed by atoms with van der Waals surface area (Å²) in [5.41, 5.74) is 1.11. The predicted octanol–water partition coefficient (Wildman–Crippen LogP) is 2.84. The third-order valence-corrected chi connectivity index (χ3v) is 3.60. The van der Waals surface area contributed by atoms with E-state index in [0.717, 1.165) is 5.56 Å². The molecule has 0 aliphatic heterocycles. The highest BCUT2D eigenvalue weighted by molar-refractivity contribution is 6.52. The van der Waals surface area contributed by atoms with Gasteiger partial charge in [0.2, 0.25) is 5.91 Å². The summed E-state index contributed by atoms with van der Waals surface area (Å²) in [5, 5.41) is 0. The topological polar surface area (TPSA) is 20.3 Å². The van der Waals surface area contributed by atoms with Crippen molar-refractivity contribution in [2.75, 3.05) is 7.05 Å². The Balaban J connectivity index is 1.94. The van der Waals surface area contributed by atoms with Crippen molar-refractivity contribution in [1.82, 2.24) is 4.90 Å². The van der Waals surface area contributed by atoms with Crippen LogP contribution in [0.1, 0.15) is 12.0 Å². The highest BCUT2D eigenvalue weighted by atomic mass is 35.5. The van der Waals surface area contributed by atoms with Gasteiger partial charge in [-0.1, -0.05) is 30.3 Å². The zero-order valence-corrected chi connectivity index (χ0v) is 10.5. The lowest BCUT2D eigenvalue weighted by Crippen LogP contribution is -2.29. The Kier molecular flexibility index (Phi) is 3.13. The third kappa shape index (κ3) is 2.50. The maximum Gasteiger partial charge on any atom is 0.228 e. The lowest BCUT2D eigenvalue weighted by atomic mass is 10.2. The molecule has 1 aromatic carbocycles. The number of benzene rings is 1. The largest absolute Gasteiger partial charge is 0.341 e. The normalized spacial score (nSPS) is 21.6. The molecule has 1 aliphatic rings. The zero-order chi connectivity index (χ0) is 11.8. The summed E-state index contributed by atoms with van der Waals surface area (Å²) in [6, 6.07) is 9.85. The molecule has 1 aliphatic carbocycles. The molecule has 1 atom stereocenters. The van der Waals surface area contributed by atoms with Crippen molar-refractivity contribution in [3.63, 3.8) is 0 Å². The summed E-state index contributed by atoms with van der Waals surface area (Å²) in [6.07, 6.45) is 0.564. The monoisotopic (exact) mass is 257 g/mol. The van der Waals surface area contributed by atoms with Gasteiger partial charge in [0, 0.05) is 13.6 Å². The fraction of sp³-hybridized carbons (Fsp3) is 0.417. The van der Waals surface area contributed by atoms with E-state index in [2.05, 4.69) is 0 Å². The minimum Gasteiger partial charge on any atom is -0.341 e. The second-order valence-corrected chi connectivity index (χ2v) is 5.74. The van der Waals surface area contributed by atoms with Crippen LogP contribution in [0.3, 0.4) is 0 Å². The first-order chi connectivity index (χ1) is 7.50. The van der Waals surface area contributed by atoms with Crippen molar-refractivity contribution in [3.05, 3.63) is 35.9 Å². The molecule has 86 valence electrons. The molecular weight excluding hydrogens is 245 g/mol. The molecule has 2 rings (SSSR count). The average molecular weight is 258 g/mol. The van der Waals surface area contributed by atoms with Crippen LogP contribution >= 0.6 is 23.2 Å². The lowest BCUT2D eigenvalue weighted by Gasteiger charge is -2.17. The smallest absolute Gasteiger partial charge is 0.228 e. The molecule has 0 spiro atoms. The van der Waals surface area contributed by atoms with Gasteiger partial charge in [-0.3, -0.25) is 4.79 Å². The van der Waals surface area contributed by atoms with Crippen LogP contribution in [0, 0.1) is 5.92 Å². The molecule has 16 heavy (non-hydrogen) atoms. The second-order valence-electron chi connectivity index (χ2n) is 4.20. The molecule has 1 aromatic rings. The summed E-state index contributed by atoms with van der Waals surface area (Å²) in [6.45, 7) is 0.597. The van der Waals surface area contributed by atoms with Gasteiger partial charge >= 0.3 is 0 Å². The molecule has 0 saturated heterocycles. The van der Waals surface area contributed by atoms with Crippen molar-refractivity contribution in [2.45, 2.75) is 17.3 Å². The highest BCUT2D eigenvalue weighted by Gasteiger charge is 2.57. The van der Waals surface area contributed by atoms with Crippen molar-refractivity contribution < 1.29 is 4.79 Å². The maximum atomic E-state index is 11.9. The highest BCUT2D eigenvalue weighted by Crippen LogP contribution is 2.53. The van der Waals surface area contributed by atoms with Crippen LogP contribution in [0.2, 0.25) is 0 Å². The third-order valence-electron chi connectivity index (χ3n) is 2.76. The van der Waals surface area contributed by atoms with Crippen molar-refractivity contribution in [2.24, 2.45) is 5.92 Å². The molecule has 1 saturated carbocycles. The summed E-state index contributed by atoms with van der Waals surface area (Å²) in [5.74, 6) is -0.210. The predicted molar refractivity (Wildman–Crippen MR) is 65.5 cm³/mol. The molecule has 2 nitrogen and oxygen atoms in total. The SMILES string of the molecule is CN(Cc1ccccc1)C(=O)C1CC1(Cl)Cl. The standard InChI is InChI=1S/C12H13Cl2NO/c1-15(8-9-5-3-2-4-6-9)11(16)10-7-12(10,13)14/h2-6,10H,7-8H2,1H3. The van der Waals surface area contributed by atoms with E-state index in [1.54, 1.807) is 11.9 Å². The number of carbonyl (C=O) groups is 1. The number of rotatable bonds is 3. The van der Waals surface area contributed by atoms with Crippen molar-refractivity contribution >= 4 is 29.1 Å². The van der Waals surface area contributed by atoms with Crippen LogP contribution in [0.5, 0.6) is 0 Å². The van der Waals surface area contributed by atoms with Crippen LogP contribution in [0.4, 0.5) is 0 Å². The Morgan fingerprint density at radius 3 is 2.50 bits per heavy atom. The van der Waals surface area contributed by atoms with Gasteiger partial charge in [-0.15, -0.1) is 23.2 Å². The number of hydrogen-bond acceptors (Lipinski definition) is 1. The number of halogens is 2. The van der Waals surface area contributed by atoms with Crippen LogP contribution in [0.25, 0.3) is 0 Å². The minimum absolute atomic E-state index is 0.0221. The number of alkyl halides is 2. The van der Waals surface area contributed by atoms with Crippen LogP contribution in [0.15, 0.2) is 30.3 Å². The van der Waals surface area contributed by atoms with E-state index >= 15 is 0 Å². The van der Waals surface area contributed by atoms with Crippen LogP contribution in [-0.2, 0) is 11.3 Å². The van der Waals surface area contributed by atoms with E-state index in [9.17, 15) is 4.79 Å². The Hall–Kier alpha value is -0.730. The van der Waals surface area contributed by atoms with E-state index in [-0.39, 0.29) is 11.8 Å². The summed E-state index contributed by atoms with van der Waals surface area (Å²) < 4.78 is -0.831. The van der Waals surface area contributed by atoms with E-state index < -0.39 is 4.33 Å². The number of nitrogens with zero attached hydrogens (tertiary/aromatic N) is 1. The van der Waals surface area contributed by atoms with Gasteiger partial charge in [-0.2, -0.15) is 0 Å². The molecule has 0 aromatic heterocycles. The molecule has 1 amide bonds. The number of carbonyl (C=O) groups excluding carboxylic acids is 1. The number of hydrogen-bond donors (Lipinski definition) is 0. The quantitative estimate of drug-likeness (QED) is 0.763. The van der Waals surface area contributed by atoms with Crippen molar-refractivity contribution in [3.8, 4) is 0 Å². The van der Waals surface area contributed by atoms with E-state index in [1.165, 1.54) is 0 Å². The lowest BCUT2D eigenvalue weighted by molar-refractivity contribution is -0.131. The fourth-order valence-electron chi connectivity index (χ4n) is 1.68. The average Bonchev–Trinajstić information content (AvgIpc) is 2.88. The molecule has 0 bridgehead atoms. The number of amides is 1. The maximum absolute atomic E-state index is 11.9. The van der Waals surface area contributed by atoms with Gasteiger partial charge in [0.25, 0.3) is 0 Å². The Morgan fingerprint density at radius 2 is 2.00 bits per heavy atom. The zero-order valence-electron chi connectivity index (χ0n) is 8.99. The first-order valence-electron chi connectivity index (χ1n) is 5.17. The first kappa shape index (κ1) is 11.7. The van der Waals surface area contributed by atoms with E-state index in [1.807, 2.05) is 30.3 Å². The molecule has 0 heterocycles. The van der Waals surface area contributed by atoms with Crippen LogP contribution < -0.4 is 0 Å². The molecule has 4 heteroatoms. The first-order valence-corrected chi connectivity index (χ1v) is 5.93. The molecule has 0 N–H and O–H groups in total. The van der Waals surface area contributed by atoms with Gasteiger partial charge in [-0.25, -0.2) is 0 Å². The van der Waals surface area contributed by atoms with Gasteiger partial charge in [0.05, 0.1) is 5.92 Å². The Morgan fingerprint density at radius 1 is 1.44 bits per heavy atom. The van der Waals surface area contributed by atoms with Gasteiger partial charge in [0.1, 0.15) is 4.33 Å². The molecule has 1 fully saturated rings. The Bertz CT molecular complexity index is 391. The van der Waals surface area contributed by atoms with Gasteiger partial charge in [0.15, 0.2) is 0 Å². The second kappa shape index (κ2) is 4.27. The van der Waals surface area contributed by atoms with E-state index in [4.69, 9.17) is 23.2 Å². The van der Waals surface area contributed by atoms with Gasteiger partial charge in [-0.05, 0) is 12.0 Å². The Labute approximate surface area is 105 Å². The summed E-state index contributed by atoms with van der Waals surface area (Å²) >= 11 is 11.7. The van der Waals surface area contributed by atoms with Crippen molar-refractivity contribution in [1.29, 1.82) is 0 Å². The van der Waals surface area contributed by atoms with Gasteiger partial charge < -0.3 is 4.90 Å². The summed E-state index contributed by atoms with van der Waals surface area (Å²) in [4.78, 5) is 13.6. The molecule has 1 unspecified atom stereocenters. The van der Waals surface area contributed by atoms with Crippen LogP contribution in [-0.4, -0.2) is 22.2 Å². The fourth-order valence-corrected chi connectivity index (χ4v) is 2.18. The molecule has 0 radical (unpaired) electrons.